The molecule has 0 bridgehead atoms. The standard InChI is InChI=1S/C21H27NO9/c1-9-12(29-20-16(25)15(24)18(27-5)21(3,4)31-20)8-7-11-14(23)13(10(2)22-28-6)19(26)30-17(9)11/h7-8,15-16,18,20,23-25H,1-6H3/t15-,16-,18-,20-/m1/s1. The van der Waals surface area contributed by atoms with Crippen LogP contribution in [-0.2, 0) is 14.3 Å². The van der Waals surface area contributed by atoms with Crippen molar-refractivity contribution in [1.29, 1.82) is 0 Å². The predicted molar refractivity (Wildman–Crippen MR) is 110 cm³/mol. The topological polar surface area (TPSA) is 140 Å². The fourth-order valence-electron chi connectivity index (χ4n) is 3.83. The maximum absolute atomic E-state index is 12.5. The summed E-state index contributed by atoms with van der Waals surface area (Å²) >= 11 is 0. The van der Waals surface area contributed by atoms with Gasteiger partial charge in [-0.3, -0.25) is 0 Å². The molecule has 1 aromatic carbocycles. The molecular formula is C21H27NO9. The van der Waals surface area contributed by atoms with Crippen molar-refractivity contribution < 1.29 is 38.8 Å². The van der Waals surface area contributed by atoms with Gasteiger partial charge in [0.15, 0.2) is 0 Å². The number of nitrogens with zero attached hydrogens (tertiary/aromatic N) is 1. The summed E-state index contributed by atoms with van der Waals surface area (Å²) in [6, 6.07) is 3.05. The van der Waals surface area contributed by atoms with Gasteiger partial charge in [-0.25, -0.2) is 4.79 Å². The van der Waals surface area contributed by atoms with Crippen LogP contribution in [0.3, 0.4) is 0 Å². The van der Waals surface area contributed by atoms with Gasteiger partial charge in [0.25, 0.3) is 0 Å². The van der Waals surface area contributed by atoms with Crippen molar-refractivity contribution in [2.24, 2.45) is 5.16 Å². The van der Waals surface area contributed by atoms with E-state index < -0.39 is 35.8 Å². The highest BCUT2D eigenvalue weighted by atomic mass is 16.7. The minimum Gasteiger partial charge on any atom is -0.506 e. The maximum Gasteiger partial charge on any atom is 0.349 e. The van der Waals surface area contributed by atoms with E-state index in [-0.39, 0.29) is 33.7 Å². The van der Waals surface area contributed by atoms with Gasteiger partial charge in [0.2, 0.25) is 6.29 Å². The van der Waals surface area contributed by atoms with Crippen molar-refractivity contribution in [2.45, 2.75) is 57.9 Å². The third-order valence-corrected chi connectivity index (χ3v) is 5.38. The molecule has 0 unspecified atom stereocenters. The molecule has 0 radical (unpaired) electrons. The van der Waals surface area contributed by atoms with Gasteiger partial charge in [0.05, 0.1) is 16.7 Å². The van der Waals surface area contributed by atoms with Gasteiger partial charge in [-0.15, -0.1) is 0 Å². The van der Waals surface area contributed by atoms with E-state index in [2.05, 4.69) is 9.99 Å². The molecule has 31 heavy (non-hydrogen) atoms. The number of aryl methyl sites for hydroxylation is 1. The molecule has 0 aliphatic carbocycles. The molecule has 10 nitrogen and oxygen atoms in total. The summed E-state index contributed by atoms with van der Waals surface area (Å²) in [6.07, 6.45) is -4.59. The number of fused-ring (bicyclic) bond motifs is 1. The Bertz CT molecular complexity index is 1060. The van der Waals surface area contributed by atoms with Crippen molar-refractivity contribution in [1.82, 2.24) is 0 Å². The van der Waals surface area contributed by atoms with E-state index >= 15 is 0 Å². The molecule has 0 spiro atoms. The van der Waals surface area contributed by atoms with E-state index in [0.717, 1.165) is 0 Å². The molecule has 1 aliphatic rings. The van der Waals surface area contributed by atoms with E-state index in [1.165, 1.54) is 27.2 Å². The number of ether oxygens (including phenoxy) is 3. The molecule has 1 aromatic heterocycles. The largest absolute Gasteiger partial charge is 0.506 e. The molecule has 0 saturated carbocycles. The number of hydrogen-bond donors (Lipinski definition) is 3. The van der Waals surface area contributed by atoms with E-state index in [4.69, 9.17) is 18.6 Å². The van der Waals surface area contributed by atoms with Gasteiger partial charge in [-0.05, 0) is 39.8 Å². The van der Waals surface area contributed by atoms with Crippen molar-refractivity contribution in [3.05, 3.63) is 33.7 Å². The van der Waals surface area contributed by atoms with Crippen LogP contribution in [0.25, 0.3) is 11.0 Å². The van der Waals surface area contributed by atoms with Gasteiger partial charge >= 0.3 is 5.63 Å². The third kappa shape index (κ3) is 3.99. The molecule has 2 heterocycles. The number of oxime groups is 1. The Kier molecular flexibility index (Phi) is 6.28. The minimum atomic E-state index is -1.39. The minimum absolute atomic E-state index is 0.105. The second-order valence-corrected chi connectivity index (χ2v) is 7.88. The normalized spacial score (nSPS) is 26.1. The van der Waals surface area contributed by atoms with Crippen LogP contribution in [0.2, 0.25) is 0 Å². The van der Waals surface area contributed by atoms with E-state index in [1.54, 1.807) is 26.8 Å². The summed E-state index contributed by atoms with van der Waals surface area (Å²) < 4.78 is 22.3. The van der Waals surface area contributed by atoms with Gasteiger partial charge in [-0.1, -0.05) is 5.16 Å². The van der Waals surface area contributed by atoms with E-state index in [1.807, 2.05) is 0 Å². The highest BCUT2D eigenvalue weighted by Crippen LogP contribution is 2.36. The highest BCUT2D eigenvalue weighted by molar-refractivity contribution is 6.04. The average molecular weight is 437 g/mol. The van der Waals surface area contributed by atoms with Crippen molar-refractivity contribution in [2.75, 3.05) is 14.2 Å². The van der Waals surface area contributed by atoms with Crippen LogP contribution in [0.15, 0.2) is 26.5 Å². The van der Waals surface area contributed by atoms with Crippen LogP contribution in [0.5, 0.6) is 11.5 Å². The number of rotatable bonds is 5. The summed E-state index contributed by atoms with van der Waals surface area (Å²) in [6.45, 7) is 6.56. The molecule has 10 heteroatoms. The SMILES string of the molecule is CON=C(C)c1c(O)c2ccc(O[C@@H]3OC(C)(C)[C@H](OC)[C@H](O)[C@H]3O)c(C)c2oc1=O. The number of methoxy groups -OCH3 is 1. The number of aromatic hydroxyl groups is 1. The summed E-state index contributed by atoms with van der Waals surface area (Å²) in [5.74, 6) is -0.0550. The first-order chi connectivity index (χ1) is 14.5. The molecule has 2 aromatic rings. The van der Waals surface area contributed by atoms with Crippen LogP contribution in [0.1, 0.15) is 31.9 Å². The molecule has 3 rings (SSSR count). The predicted octanol–water partition coefficient (Wildman–Crippen LogP) is 1.43. The van der Waals surface area contributed by atoms with Crippen molar-refractivity contribution >= 4 is 16.7 Å². The Morgan fingerprint density at radius 3 is 2.48 bits per heavy atom. The Morgan fingerprint density at radius 1 is 1.19 bits per heavy atom. The quantitative estimate of drug-likeness (QED) is 0.360. The fourth-order valence-corrected chi connectivity index (χ4v) is 3.83. The number of aliphatic hydroxyl groups is 2. The zero-order valence-electron chi connectivity index (χ0n) is 18.2. The number of aliphatic hydroxyl groups excluding tert-OH is 2. The van der Waals surface area contributed by atoms with Crippen LogP contribution in [0, 0.1) is 6.92 Å². The Labute approximate surface area is 178 Å². The lowest BCUT2D eigenvalue weighted by Gasteiger charge is -2.46. The summed E-state index contributed by atoms with van der Waals surface area (Å²) in [5, 5.41) is 35.4. The molecule has 4 atom stereocenters. The smallest absolute Gasteiger partial charge is 0.349 e. The molecule has 1 fully saturated rings. The molecule has 170 valence electrons. The first kappa shape index (κ1) is 23.0. The Hall–Kier alpha value is -2.66. The summed E-state index contributed by atoms with van der Waals surface area (Å²) in [4.78, 5) is 17.1. The average Bonchev–Trinajstić information content (AvgIpc) is 2.68. The van der Waals surface area contributed by atoms with Crippen LogP contribution in [0.4, 0.5) is 0 Å². The number of hydrogen-bond acceptors (Lipinski definition) is 10. The first-order valence-electron chi connectivity index (χ1n) is 9.64. The monoisotopic (exact) mass is 437 g/mol. The molecule has 1 saturated heterocycles. The molecule has 0 amide bonds. The fraction of sp³-hybridized carbons (Fsp3) is 0.524. The van der Waals surface area contributed by atoms with Crippen LogP contribution < -0.4 is 10.4 Å². The molecule has 3 N–H and O–H groups in total. The van der Waals surface area contributed by atoms with E-state index in [0.29, 0.717) is 5.56 Å². The summed E-state index contributed by atoms with van der Waals surface area (Å²) in [7, 11) is 2.74. The Balaban J connectivity index is 2.02. The lowest BCUT2D eigenvalue weighted by molar-refractivity contribution is -0.306. The lowest BCUT2D eigenvalue weighted by Crippen LogP contribution is -2.63. The van der Waals surface area contributed by atoms with E-state index in [9.17, 15) is 20.1 Å². The second kappa shape index (κ2) is 8.46. The van der Waals surface area contributed by atoms with Gasteiger partial charge in [0, 0.05) is 12.7 Å². The van der Waals surface area contributed by atoms with Gasteiger partial charge in [0.1, 0.15) is 48.1 Å². The molecule has 1 aliphatic heterocycles. The Morgan fingerprint density at radius 2 is 1.87 bits per heavy atom. The third-order valence-electron chi connectivity index (χ3n) is 5.38. The van der Waals surface area contributed by atoms with Crippen molar-refractivity contribution in [3.63, 3.8) is 0 Å². The number of benzene rings is 1. The molecular weight excluding hydrogens is 410 g/mol. The van der Waals surface area contributed by atoms with Crippen molar-refractivity contribution in [3.8, 4) is 11.5 Å². The van der Waals surface area contributed by atoms with Crippen LogP contribution >= 0.6 is 0 Å². The highest BCUT2D eigenvalue weighted by Gasteiger charge is 2.50. The van der Waals surface area contributed by atoms with Gasteiger partial charge < -0.3 is 38.8 Å². The van der Waals surface area contributed by atoms with Gasteiger partial charge in [-0.2, -0.15) is 0 Å². The zero-order chi connectivity index (χ0) is 23.1. The van der Waals surface area contributed by atoms with Crippen LogP contribution in [-0.4, -0.2) is 65.5 Å². The maximum atomic E-state index is 12.5. The summed E-state index contributed by atoms with van der Waals surface area (Å²) in [5.41, 5.74) is -1.18. The first-order valence-corrected chi connectivity index (χ1v) is 9.64. The lowest BCUT2D eigenvalue weighted by atomic mass is 9.89. The zero-order valence-corrected chi connectivity index (χ0v) is 18.2. The second-order valence-electron chi connectivity index (χ2n) is 7.88.